The normalized spacial score (nSPS) is 12.8. The van der Waals surface area contributed by atoms with Crippen molar-refractivity contribution >= 4 is 11.4 Å². The van der Waals surface area contributed by atoms with Gasteiger partial charge in [0.1, 0.15) is 0 Å². The fraction of sp³-hybridized carbons (Fsp3) is 0.471. The molecule has 37 heavy (non-hydrogen) atoms. The third kappa shape index (κ3) is 9.16. The average Bonchev–Trinajstić information content (AvgIpc) is 3.14. The maximum absolute atomic E-state index is 11.6. The predicted molar refractivity (Wildman–Crippen MR) is 159 cm³/mol. The van der Waals surface area contributed by atoms with E-state index in [1.807, 2.05) is 0 Å². The molecule has 0 radical (unpaired) electrons. The van der Waals surface area contributed by atoms with Gasteiger partial charge in [0.15, 0.2) is 0 Å². The van der Waals surface area contributed by atoms with Crippen molar-refractivity contribution in [3.63, 3.8) is 0 Å². The Morgan fingerprint density at radius 1 is 0.514 bits per heavy atom. The van der Waals surface area contributed by atoms with Gasteiger partial charge in [-0.2, -0.15) is 0 Å². The third-order valence-electron chi connectivity index (χ3n) is 7.01. The van der Waals surface area contributed by atoms with Gasteiger partial charge in [0, 0.05) is 22.3 Å². The van der Waals surface area contributed by atoms with Gasteiger partial charge >= 0.3 is 20.4 Å². The fourth-order valence-corrected chi connectivity index (χ4v) is 4.91. The number of rotatable bonds is 14. The smallest absolute Gasteiger partial charge is 0.493 e. The molecule has 3 heteroatoms. The van der Waals surface area contributed by atoms with E-state index in [0.29, 0.717) is 0 Å². The second-order valence-corrected chi connectivity index (χ2v) is 9.77. The van der Waals surface area contributed by atoms with Gasteiger partial charge in [0.2, 0.25) is 11.4 Å². The molecular weight excluding hydrogens is 543 g/mol. The van der Waals surface area contributed by atoms with Crippen LogP contribution in [0.5, 0.6) is 0 Å². The van der Waals surface area contributed by atoms with Crippen molar-refractivity contribution in [2.24, 2.45) is 0 Å². The van der Waals surface area contributed by atoms with E-state index in [1.54, 1.807) is 0 Å². The minimum Gasteiger partial charge on any atom is -0.493 e. The summed E-state index contributed by atoms with van der Waals surface area (Å²) < 4.78 is 1.51. The van der Waals surface area contributed by atoms with Crippen LogP contribution in [-0.4, -0.2) is 4.70 Å². The first-order valence-corrected chi connectivity index (χ1v) is 13.8. The Hall–Kier alpha value is -1.82. The second-order valence-electron chi connectivity index (χ2n) is 9.77. The van der Waals surface area contributed by atoms with Crippen molar-refractivity contribution in [3.05, 3.63) is 102 Å². The first-order chi connectivity index (χ1) is 16.6. The standard InChI is InChI=1S/C32H44N2.2CH3.Pd/c1-5-9-13-25-17-21-27(22-18-25)31-29(15-11-7-3)30(16-12-8-4)32(34(31)33)28-23-19-26(20-24-28)14-10-6-2;;;/h17-24H,5-16H2,1-4H3;2*1H3;/q;2*-1;+2. The molecule has 0 atom stereocenters. The zero-order valence-corrected chi connectivity index (χ0v) is 25.9. The summed E-state index contributed by atoms with van der Waals surface area (Å²) >= 11 is 0. The summed E-state index contributed by atoms with van der Waals surface area (Å²) in [5.74, 6) is 0. The van der Waals surface area contributed by atoms with Crippen LogP contribution in [0.1, 0.15) is 114 Å². The Balaban J connectivity index is 0.00000432. The van der Waals surface area contributed by atoms with Crippen LogP contribution in [0.2, 0.25) is 0 Å². The van der Waals surface area contributed by atoms with Gasteiger partial charge in [-0.25, -0.2) is 4.70 Å². The largest absolute Gasteiger partial charge is 2.00 e. The number of hydrogen-bond acceptors (Lipinski definition) is 0. The Morgan fingerprint density at radius 2 is 0.811 bits per heavy atom. The van der Waals surface area contributed by atoms with Crippen LogP contribution in [-0.2, 0) is 33.3 Å². The van der Waals surface area contributed by atoms with Crippen LogP contribution in [0.25, 0.3) is 16.9 Å². The van der Waals surface area contributed by atoms with Gasteiger partial charge in [-0.05, 0) is 86.8 Å². The van der Waals surface area contributed by atoms with Gasteiger partial charge < -0.3 is 20.4 Å². The molecule has 0 unspecified atom stereocenters. The predicted octanol–water partition coefficient (Wildman–Crippen LogP) is 10.8. The van der Waals surface area contributed by atoms with Crippen LogP contribution in [0.15, 0.2) is 59.7 Å². The molecule has 0 fully saturated rings. The minimum atomic E-state index is 0. The molecule has 0 aromatic heterocycles. The minimum absolute atomic E-state index is 0. The van der Waals surface area contributed by atoms with Gasteiger partial charge in [0.05, 0.1) is 0 Å². The van der Waals surface area contributed by atoms with Gasteiger partial charge in [0.25, 0.3) is 0 Å². The summed E-state index contributed by atoms with van der Waals surface area (Å²) in [7, 11) is 0. The maximum atomic E-state index is 11.6. The molecule has 3 rings (SSSR count). The zero-order chi connectivity index (χ0) is 24.3. The quantitative estimate of drug-likeness (QED) is 0.118. The van der Waals surface area contributed by atoms with E-state index >= 15 is 0 Å². The van der Waals surface area contributed by atoms with E-state index in [0.717, 1.165) is 73.9 Å². The van der Waals surface area contributed by atoms with Crippen LogP contribution < -0.4 is 0 Å². The first kappa shape index (κ1) is 35.2. The molecule has 0 N–H and O–H groups in total. The maximum Gasteiger partial charge on any atom is 2.00 e. The molecule has 0 saturated carbocycles. The third-order valence-corrected chi connectivity index (χ3v) is 7.01. The van der Waals surface area contributed by atoms with Crippen LogP contribution in [0.4, 0.5) is 0 Å². The summed E-state index contributed by atoms with van der Waals surface area (Å²) in [5, 5.41) is 0. The molecule has 0 amide bonds. The van der Waals surface area contributed by atoms with Crippen molar-refractivity contribution in [3.8, 4) is 0 Å². The van der Waals surface area contributed by atoms with E-state index in [2.05, 4.69) is 76.2 Å². The number of aryl methyl sites for hydroxylation is 2. The number of benzene rings is 2. The molecule has 1 heterocycles. The van der Waals surface area contributed by atoms with E-state index in [9.17, 15) is 5.53 Å². The SMILES string of the molecule is CCCCC1=C(c2ccc(CCCC)cc2)[N+](=[N-])C(c2ccc(CCCC)cc2)=C1CCCC.[CH3-].[CH3-].[Pd+2]. The second kappa shape index (κ2) is 18.4. The summed E-state index contributed by atoms with van der Waals surface area (Å²) in [6.07, 6.45) is 13.7. The Bertz CT molecular complexity index is 916. The van der Waals surface area contributed by atoms with Crippen molar-refractivity contribution in [2.75, 3.05) is 0 Å². The van der Waals surface area contributed by atoms with E-state index < -0.39 is 0 Å². The summed E-state index contributed by atoms with van der Waals surface area (Å²) in [6, 6.07) is 17.8. The molecule has 2 aromatic rings. The molecular formula is C34H50N2Pd. The fourth-order valence-electron chi connectivity index (χ4n) is 4.91. The molecule has 0 bridgehead atoms. The summed E-state index contributed by atoms with van der Waals surface area (Å²) in [4.78, 5) is 0. The molecule has 1 aliphatic rings. The number of hydrogen-bond donors (Lipinski definition) is 0. The van der Waals surface area contributed by atoms with Crippen molar-refractivity contribution in [1.82, 2.24) is 0 Å². The van der Waals surface area contributed by atoms with Gasteiger partial charge in [-0.3, -0.25) is 0 Å². The molecule has 0 saturated heterocycles. The first-order valence-electron chi connectivity index (χ1n) is 13.8. The molecule has 206 valence electrons. The molecule has 0 aliphatic carbocycles. The summed E-state index contributed by atoms with van der Waals surface area (Å²) in [6.45, 7) is 8.98. The molecule has 1 aliphatic heterocycles. The van der Waals surface area contributed by atoms with Crippen LogP contribution in [0, 0.1) is 14.9 Å². The van der Waals surface area contributed by atoms with Crippen molar-refractivity contribution < 1.29 is 25.1 Å². The molecule has 0 spiro atoms. The number of nitrogens with zero attached hydrogens (tertiary/aromatic N) is 2. The van der Waals surface area contributed by atoms with E-state index in [4.69, 9.17) is 0 Å². The number of unbranched alkanes of at least 4 members (excludes halogenated alkanes) is 4. The Morgan fingerprint density at radius 3 is 1.11 bits per heavy atom. The molecule has 2 nitrogen and oxygen atoms in total. The van der Waals surface area contributed by atoms with E-state index in [-0.39, 0.29) is 35.3 Å². The zero-order valence-electron chi connectivity index (χ0n) is 24.3. The topological polar surface area (TPSA) is 25.3 Å². The van der Waals surface area contributed by atoms with Crippen LogP contribution >= 0.6 is 0 Å². The Labute approximate surface area is 242 Å². The van der Waals surface area contributed by atoms with E-state index in [1.165, 1.54) is 52.7 Å². The Kier molecular flexibility index (Phi) is 17.5. The monoisotopic (exact) mass is 592 g/mol. The van der Waals surface area contributed by atoms with Crippen molar-refractivity contribution in [2.45, 2.75) is 105 Å². The number of allylic oxidation sites excluding steroid dienone is 2. The summed E-state index contributed by atoms with van der Waals surface area (Å²) in [5.41, 5.74) is 21.3. The van der Waals surface area contributed by atoms with Gasteiger partial charge in [-0.1, -0.05) is 77.6 Å². The average molecular weight is 593 g/mol. The molecule has 2 aromatic carbocycles. The van der Waals surface area contributed by atoms with Crippen molar-refractivity contribution in [1.29, 1.82) is 0 Å². The van der Waals surface area contributed by atoms with Crippen LogP contribution in [0.3, 0.4) is 0 Å². The van der Waals surface area contributed by atoms with Gasteiger partial charge in [-0.15, -0.1) is 0 Å².